The van der Waals surface area contributed by atoms with Gasteiger partial charge in [-0.2, -0.15) is 10.2 Å². The summed E-state index contributed by atoms with van der Waals surface area (Å²) in [5, 5.41) is 13.0. The summed E-state index contributed by atoms with van der Waals surface area (Å²) in [4.78, 5) is 30.3. The molecule has 0 unspecified atom stereocenters. The van der Waals surface area contributed by atoms with Gasteiger partial charge in [0.2, 0.25) is 5.88 Å². The van der Waals surface area contributed by atoms with Crippen LogP contribution < -0.4 is 15.6 Å². The summed E-state index contributed by atoms with van der Waals surface area (Å²) in [5.74, 6) is -0.423. The van der Waals surface area contributed by atoms with Crippen LogP contribution in [0.5, 0.6) is 11.6 Å². The number of halogens is 2. The Morgan fingerprint density at radius 1 is 1.06 bits per heavy atom. The van der Waals surface area contributed by atoms with E-state index in [-0.39, 0.29) is 17.0 Å². The van der Waals surface area contributed by atoms with Gasteiger partial charge in [0.1, 0.15) is 28.6 Å². The molecule has 0 radical (unpaired) electrons. The molecule has 0 bridgehead atoms. The first-order valence-corrected chi connectivity index (χ1v) is 10.3. The van der Waals surface area contributed by atoms with E-state index in [1.807, 2.05) is 6.07 Å². The molecule has 162 valence electrons. The highest BCUT2D eigenvalue weighted by Gasteiger charge is 2.18. The Kier molecular flexibility index (Phi) is 6.41. The fraction of sp³-hybridized carbons (Fsp3) is 0. The number of ether oxygens (including phenoxy) is 1. The predicted molar refractivity (Wildman–Crippen MR) is 127 cm³/mol. The number of nitriles is 1. The zero-order chi connectivity index (χ0) is 23.4. The second kappa shape index (κ2) is 9.57. The summed E-state index contributed by atoms with van der Waals surface area (Å²) < 4.78 is 7.12. The number of hydrogen-bond donors (Lipinski definition) is 1. The summed E-state index contributed by atoms with van der Waals surface area (Å²) in [6.45, 7) is 0. The van der Waals surface area contributed by atoms with Gasteiger partial charge in [0.25, 0.3) is 11.5 Å². The molecule has 2 heterocycles. The quantitative estimate of drug-likeness (QED) is 0.309. The zero-order valence-corrected chi connectivity index (χ0v) is 18.3. The first kappa shape index (κ1) is 22.1. The Morgan fingerprint density at radius 3 is 2.52 bits per heavy atom. The van der Waals surface area contributed by atoms with E-state index in [9.17, 15) is 14.9 Å². The van der Waals surface area contributed by atoms with Gasteiger partial charge >= 0.3 is 0 Å². The molecule has 0 saturated heterocycles. The molecule has 1 amide bonds. The van der Waals surface area contributed by atoms with Crippen LogP contribution in [0.15, 0.2) is 83.3 Å². The molecule has 0 atom stereocenters. The summed E-state index contributed by atoms with van der Waals surface area (Å²) in [7, 11) is 0. The van der Waals surface area contributed by atoms with E-state index in [1.54, 1.807) is 66.7 Å². The van der Waals surface area contributed by atoms with Gasteiger partial charge in [0.05, 0.1) is 10.7 Å². The minimum Gasteiger partial charge on any atom is -0.438 e. The molecule has 9 heteroatoms. The van der Waals surface area contributed by atoms with Gasteiger partial charge in [-0.05, 0) is 54.6 Å². The number of benzene rings is 2. The van der Waals surface area contributed by atoms with Gasteiger partial charge in [-0.25, -0.2) is 0 Å². The fourth-order valence-corrected chi connectivity index (χ4v) is 3.25. The molecule has 0 saturated carbocycles. The Hall–Kier alpha value is -4.12. The van der Waals surface area contributed by atoms with Crippen molar-refractivity contribution in [2.45, 2.75) is 0 Å². The number of pyridine rings is 1. The minimum atomic E-state index is -0.736. The first-order valence-electron chi connectivity index (χ1n) is 9.59. The summed E-state index contributed by atoms with van der Waals surface area (Å²) in [6.07, 6.45) is 2.68. The van der Waals surface area contributed by atoms with Crippen molar-refractivity contribution in [1.82, 2.24) is 9.38 Å². The molecule has 4 rings (SSSR count). The summed E-state index contributed by atoms with van der Waals surface area (Å²) in [6, 6.07) is 19.9. The molecular formula is C24H14Cl2N4O3. The monoisotopic (exact) mass is 476 g/mol. The number of carbonyl (C=O) groups is 1. The van der Waals surface area contributed by atoms with E-state index in [2.05, 4.69) is 10.3 Å². The van der Waals surface area contributed by atoms with E-state index in [0.29, 0.717) is 27.1 Å². The van der Waals surface area contributed by atoms with Crippen LogP contribution in [0.1, 0.15) is 5.56 Å². The van der Waals surface area contributed by atoms with E-state index in [4.69, 9.17) is 27.9 Å². The second-order valence-corrected chi connectivity index (χ2v) is 7.57. The molecule has 2 aromatic carbocycles. The van der Waals surface area contributed by atoms with Crippen LogP contribution in [-0.2, 0) is 4.79 Å². The number of rotatable bonds is 5. The van der Waals surface area contributed by atoms with Crippen molar-refractivity contribution in [2.75, 3.05) is 5.32 Å². The topological polar surface area (TPSA) is 96.5 Å². The Labute approximate surface area is 198 Å². The minimum absolute atomic E-state index is 0.0631. The Morgan fingerprint density at radius 2 is 1.79 bits per heavy atom. The Balaban J connectivity index is 1.81. The average molecular weight is 477 g/mol. The number of para-hydroxylation sites is 1. The molecule has 33 heavy (non-hydrogen) atoms. The molecule has 0 fully saturated rings. The lowest BCUT2D eigenvalue weighted by Crippen LogP contribution is -2.20. The van der Waals surface area contributed by atoms with Crippen LogP contribution in [0.2, 0.25) is 10.0 Å². The molecule has 1 N–H and O–H groups in total. The molecule has 4 aromatic rings. The molecule has 7 nitrogen and oxygen atoms in total. The third-order valence-corrected chi connectivity index (χ3v) is 5.12. The molecular weight excluding hydrogens is 463 g/mol. The average Bonchev–Trinajstić information content (AvgIpc) is 2.82. The lowest BCUT2D eigenvalue weighted by atomic mass is 10.1. The number of amides is 1. The van der Waals surface area contributed by atoms with Crippen molar-refractivity contribution in [3.63, 3.8) is 0 Å². The SMILES string of the molecule is N#C/C(=C\c1c(Oc2ccc(Cl)cc2)nc2ccccn2c1=O)C(=O)Nc1ccccc1Cl. The number of carbonyl (C=O) groups excluding carboxylic acids is 1. The van der Waals surface area contributed by atoms with Gasteiger partial charge in [0.15, 0.2) is 0 Å². The maximum Gasteiger partial charge on any atom is 0.269 e. The van der Waals surface area contributed by atoms with E-state index < -0.39 is 11.5 Å². The third-order valence-electron chi connectivity index (χ3n) is 4.54. The zero-order valence-electron chi connectivity index (χ0n) is 16.8. The lowest BCUT2D eigenvalue weighted by Gasteiger charge is -2.11. The van der Waals surface area contributed by atoms with Crippen LogP contribution in [0.3, 0.4) is 0 Å². The highest BCUT2D eigenvalue weighted by Crippen LogP contribution is 2.26. The first-order chi connectivity index (χ1) is 16.0. The molecule has 2 aromatic heterocycles. The van der Waals surface area contributed by atoms with Crippen LogP contribution in [0.4, 0.5) is 5.69 Å². The van der Waals surface area contributed by atoms with Crippen LogP contribution in [0.25, 0.3) is 11.7 Å². The number of nitrogens with zero attached hydrogens (tertiary/aromatic N) is 3. The second-order valence-electron chi connectivity index (χ2n) is 6.72. The van der Waals surface area contributed by atoms with E-state index in [1.165, 1.54) is 10.6 Å². The van der Waals surface area contributed by atoms with Crippen molar-refractivity contribution in [3.05, 3.63) is 104 Å². The van der Waals surface area contributed by atoms with Gasteiger partial charge in [0, 0.05) is 11.2 Å². The fourth-order valence-electron chi connectivity index (χ4n) is 2.94. The normalized spacial score (nSPS) is 11.1. The van der Waals surface area contributed by atoms with Crippen molar-refractivity contribution in [3.8, 4) is 17.7 Å². The number of anilines is 1. The highest BCUT2D eigenvalue weighted by molar-refractivity contribution is 6.34. The maximum atomic E-state index is 13.2. The van der Waals surface area contributed by atoms with Crippen LogP contribution in [0, 0.1) is 11.3 Å². The van der Waals surface area contributed by atoms with E-state index in [0.717, 1.165) is 6.08 Å². The third kappa shape index (κ3) is 4.88. The number of fused-ring (bicyclic) bond motifs is 1. The van der Waals surface area contributed by atoms with Gasteiger partial charge < -0.3 is 10.1 Å². The van der Waals surface area contributed by atoms with E-state index >= 15 is 0 Å². The maximum absolute atomic E-state index is 13.2. The molecule has 0 aliphatic rings. The van der Waals surface area contributed by atoms with Crippen LogP contribution in [-0.4, -0.2) is 15.3 Å². The van der Waals surface area contributed by atoms with Crippen LogP contribution >= 0.6 is 23.2 Å². The smallest absolute Gasteiger partial charge is 0.269 e. The molecule has 0 spiro atoms. The summed E-state index contributed by atoms with van der Waals surface area (Å²) >= 11 is 12.0. The van der Waals surface area contributed by atoms with Crippen molar-refractivity contribution in [1.29, 1.82) is 5.26 Å². The standard InChI is InChI=1S/C24H14Cl2N4O3/c25-16-8-10-17(11-9-16)33-23-18(24(32)30-12-4-3-7-21(30)29-23)13-15(14-27)22(31)28-20-6-2-1-5-19(20)26/h1-13H,(H,28,31)/b15-13+. The van der Waals surface area contributed by atoms with Crippen molar-refractivity contribution >= 4 is 46.5 Å². The van der Waals surface area contributed by atoms with Crippen molar-refractivity contribution < 1.29 is 9.53 Å². The highest BCUT2D eigenvalue weighted by atomic mass is 35.5. The van der Waals surface area contributed by atoms with Gasteiger partial charge in [-0.3, -0.25) is 14.0 Å². The predicted octanol–water partition coefficient (Wildman–Crippen LogP) is 5.34. The summed E-state index contributed by atoms with van der Waals surface area (Å²) in [5.41, 5.74) is -0.244. The molecule has 0 aliphatic heterocycles. The Bertz CT molecular complexity index is 1490. The largest absolute Gasteiger partial charge is 0.438 e. The van der Waals surface area contributed by atoms with Crippen molar-refractivity contribution in [2.24, 2.45) is 0 Å². The van der Waals surface area contributed by atoms with Gasteiger partial charge in [-0.15, -0.1) is 0 Å². The van der Waals surface area contributed by atoms with Gasteiger partial charge in [-0.1, -0.05) is 41.4 Å². The lowest BCUT2D eigenvalue weighted by molar-refractivity contribution is -0.112. The number of aromatic nitrogens is 2. The molecule has 0 aliphatic carbocycles. The number of hydrogen-bond acceptors (Lipinski definition) is 5. The number of nitrogens with one attached hydrogen (secondary N) is 1.